The Kier molecular flexibility index (Phi) is 23.4. The number of carbonyl (C=O) groups is 2. The van der Waals surface area contributed by atoms with Crippen LogP contribution in [0.2, 0.25) is 0 Å². The van der Waals surface area contributed by atoms with Crippen molar-refractivity contribution in [2.75, 3.05) is 0 Å². The fourth-order valence-corrected chi connectivity index (χ4v) is 5.33. The van der Waals surface area contributed by atoms with Crippen LogP contribution in [0, 0.1) is 0 Å². The van der Waals surface area contributed by atoms with Gasteiger partial charge >= 0.3 is 11.9 Å². The molecule has 0 radical (unpaired) electrons. The lowest BCUT2D eigenvalue weighted by Crippen LogP contribution is -2.33. The van der Waals surface area contributed by atoms with Crippen molar-refractivity contribution in [3.05, 3.63) is 0 Å². The largest absolute Gasteiger partial charge is 0.391 e. The first kappa shape index (κ1) is 41.8. The summed E-state index contributed by atoms with van der Waals surface area (Å²) >= 11 is 58.8. The van der Waals surface area contributed by atoms with Crippen LogP contribution in [0.15, 0.2) is 0 Å². The quantitative estimate of drug-likeness (QED) is 0.0476. The maximum atomic E-state index is 12.2. The van der Waals surface area contributed by atoms with Crippen molar-refractivity contribution in [1.29, 1.82) is 0 Å². The Bertz CT molecular complexity index is 636. The molecule has 238 valence electrons. The van der Waals surface area contributed by atoms with Crippen LogP contribution >= 0.6 is 116 Å². The molecule has 0 unspecified atom stereocenters. The third-order valence-corrected chi connectivity index (χ3v) is 8.70. The molecule has 0 amide bonds. The lowest BCUT2D eigenvalue weighted by atomic mass is 10.1. The highest BCUT2D eigenvalue weighted by atomic mass is 35.6. The lowest BCUT2D eigenvalue weighted by molar-refractivity contribution is -0.260. The van der Waals surface area contributed by atoms with Gasteiger partial charge in [0.15, 0.2) is 7.59 Å². The third-order valence-electron chi connectivity index (χ3n) is 6.19. The van der Waals surface area contributed by atoms with Gasteiger partial charge in [0.25, 0.3) is 0 Å². The van der Waals surface area contributed by atoms with Gasteiger partial charge in [-0.2, -0.15) is 0 Å². The molecule has 0 aliphatic rings. The molecule has 0 aromatic rings. The molecule has 0 saturated heterocycles. The maximum absolute atomic E-state index is 12.2. The highest BCUT2D eigenvalue weighted by molar-refractivity contribution is 6.68. The zero-order valence-electron chi connectivity index (χ0n) is 22.6. The lowest BCUT2D eigenvalue weighted by Gasteiger charge is -2.19. The van der Waals surface area contributed by atoms with Gasteiger partial charge in [0, 0.05) is 0 Å². The van der Waals surface area contributed by atoms with E-state index in [2.05, 4.69) is 9.78 Å². The van der Waals surface area contributed by atoms with E-state index in [1.54, 1.807) is 0 Å². The van der Waals surface area contributed by atoms with E-state index in [0.717, 1.165) is 89.9 Å². The van der Waals surface area contributed by atoms with Crippen molar-refractivity contribution in [2.24, 2.45) is 0 Å². The predicted octanol–water partition coefficient (Wildman–Crippen LogP) is 12.9. The predicted molar refractivity (Wildman–Crippen MR) is 174 cm³/mol. The number of hydrogen-bond acceptors (Lipinski definition) is 4. The first-order chi connectivity index (χ1) is 18.5. The Labute approximate surface area is 289 Å². The van der Waals surface area contributed by atoms with Gasteiger partial charge in [0.2, 0.25) is 8.67 Å². The van der Waals surface area contributed by atoms with Gasteiger partial charge in [-0.1, -0.05) is 193 Å². The standard InChI is InChI=1S/C26H40Cl10O4/c27-23(28,17-13-9-5-1-3-7-11-15-19-25(31,32)33)21(37)39-40-22(38)24(29,30)18-14-10-6-2-4-8-12-16-20-26(34,35)36/h1-20H2. The van der Waals surface area contributed by atoms with Crippen LogP contribution in [0.4, 0.5) is 0 Å². The average molecular weight is 771 g/mol. The summed E-state index contributed by atoms with van der Waals surface area (Å²) in [5.74, 6) is -2.17. The SMILES string of the molecule is O=C(OOC(=O)C(Cl)(Cl)CCCCCCCCCCC(Cl)(Cl)Cl)C(Cl)(Cl)CCCCCCCCCCC(Cl)(Cl)Cl. The number of hydrogen-bond donors (Lipinski definition) is 0. The van der Waals surface area contributed by atoms with E-state index in [9.17, 15) is 9.59 Å². The second-order valence-electron chi connectivity index (χ2n) is 10.0. The van der Waals surface area contributed by atoms with Gasteiger partial charge in [-0.25, -0.2) is 19.4 Å². The van der Waals surface area contributed by atoms with E-state index in [0.29, 0.717) is 25.7 Å². The van der Waals surface area contributed by atoms with Crippen molar-refractivity contribution in [3.8, 4) is 0 Å². The van der Waals surface area contributed by atoms with Crippen molar-refractivity contribution in [1.82, 2.24) is 0 Å². The molecule has 0 aliphatic carbocycles. The minimum atomic E-state index is -1.85. The Morgan fingerprint density at radius 2 is 0.550 bits per heavy atom. The van der Waals surface area contributed by atoms with E-state index in [1.807, 2.05) is 0 Å². The summed E-state index contributed by atoms with van der Waals surface area (Å²) in [6.07, 6.45) is 16.4. The summed E-state index contributed by atoms with van der Waals surface area (Å²) in [5.41, 5.74) is 0. The minimum absolute atomic E-state index is 0.148. The normalized spacial score (nSPS) is 12.9. The Balaban J connectivity index is 3.93. The van der Waals surface area contributed by atoms with Crippen LogP contribution in [-0.2, 0) is 19.4 Å². The molecule has 0 aliphatic heterocycles. The number of rotatable bonds is 22. The zero-order valence-corrected chi connectivity index (χ0v) is 30.1. The van der Waals surface area contributed by atoms with E-state index in [1.165, 1.54) is 0 Å². The zero-order chi connectivity index (χ0) is 30.7. The number of halogens is 10. The summed E-state index contributed by atoms with van der Waals surface area (Å²) in [6, 6.07) is 0. The smallest absolute Gasteiger partial charge is 0.244 e. The summed E-state index contributed by atoms with van der Waals surface area (Å²) in [4.78, 5) is 33.5. The summed E-state index contributed by atoms with van der Waals surface area (Å²) in [6.45, 7) is 0. The van der Waals surface area contributed by atoms with E-state index in [-0.39, 0.29) is 12.8 Å². The van der Waals surface area contributed by atoms with E-state index >= 15 is 0 Å². The molecule has 0 rings (SSSR count). The average Bonchev–Trinajstić information content (AvgIpc) is 2.83. The highest BCUT2D eigenvalue weighted by Crippen LogP contribution is 2.34. The fraction of sp³-hybridized carbons (Fsp3) is 0.923. The molecule has 0 spiro atoms. The Hall–Kier alpha value is 1.84. The van der Waals surface area contributed by atoms with Crippen LogP contribution < -0.4 is 0 Å². The fourth-order valence-electron chi connectivity index (χ4n) is 3.87. The van der Waals surface area contributed by atoms with Gasteiger partial charge in [-0.3, -0.25) is 0 Å². The van der Waals surface area contributed by atoms with Crippen LogP contribution in [0.1, 0.15) is 128 Å². The molecular weight excluding hydrogens is 731 g/mol. The minimum Gasteiger partial charge on any atom is -0.244 e. The van der Waals surface area contributed by atoms with Gasteiger partial charge in [0.05, 0.1) is 0 Å². The Morgan fingerprint density at radius 3 is 0.775 bits per heavy atom. The van der Waals surface area contributed by atoms with E-state index < -0.39 is 28.2 Å². The van der Waals surface area contributed by atoms with Crippen LogP contribution in [0.25, 0.3) is 0 Å². The van der Waals surface area contributed by atoms with Crippen molar-refractivity contribution < 1.29 is 19.4 Å². The summed E-state index contributed by atoms with van der Waals surface area (Å²) in [5, 5.41) is 0. The molecule has 0 atom stereocenters. The molecule has 0 aromatic heterocycles. The topological polar surface area (TPSA) is 52.6 Å². The molecular formula is C26H40Cl10O4. The number of unbranched alkanes of at least 4 members (excludes halogenated alkanes) is 14. The van der Waals surface area contributed by atoms with Crippen LogP contribution in [0.5, 0.6) is 0 Å². The highest BCUT2D eigenvalue weighted by Gasteiger charge is 2.40. The van der Waals surface area contributed by atoms with Crippen molar-refractivity contribution in [2.45, 2.75) is 145 Å². The van der Waals surface area contributed by atoms with Gasteiger partial charge in [-0.05, 0) is 51.4 Å². The van der Waals surface area contributed by atoms with Gasteiger partial charge in [0.1, 0.15) is 0 Å². The molecule has 0 saturated carbocycles. The molecule has 0 fully saturated rings. The molecule has 14 heteroatoms. The third kappa shape index (κ3) is 25.2. The molecule has 0 aromatic carbocycles. The molecule has 0 bridgehead atoms. The van der Waals surface area contributed by atoms with Crippen molar-refractivity contribution in [3.63, 3.8) is 0 Å². The van der Waals surface area contributed by atoms with E-state index in [4.69, 9.17) is 116 Å². The maximum Gasteiger partial charge on any atom is 0.391 e. The molecule has 4 nitrogen and oxygen atoms in total. The van der Waals surface area contributed by atoms with Crippen LogP contribution in [-0.4, -0.2) is 28.2 Å². The van der Waals surface area contributed by atoms with Gasteiger partial charge in [-0.15, -0.1) is 0 Å². The molecule has 0 heterocycles. The Morgan fingerprint density at radius 1 is 0.350 bits per heavy atom. The summed E-state index contributed by atoms with van der Waals surface area (Å²) < 4.78 is -6.05. The molecule has 40 heavy (non-hydrogen) atoms. The second-order valence-corrected chi connectivity index (χ2v) is 18.0. The summed E-state index contributed by atoms with van der Waals surface area (Å²) in [7, 11) is 0. The van der Waals surface area contributed by atoms with Crippen molar-refractivity contribution >= 4 is 128 Å². The van der Waals surface area contributed by atoms with Gasteiger partial charge < -0.3 is 0 Å². The first-order valence-corrected chi connectivity index (χ1v) is 17.6. The van der Waals surface area contributed by atoms with Crippen LogP contribution in [0.3, 0.4) is 0 Å². The molecule has 0 N–H and O–H groups in total. The number of alkyl halides is 10. The number of carbonyl (C=O) groups excluding carboxylic acids is 2. The second kappa shape index (κ2) is 22.4. The first-order valence-electron chi connectivity index (χ1n) is 13.8. The monoisotopic (exact) mass is 766 g/mol.